The quantitative estimate of drug-likeness (QED) is 0.310. The van der Waals surface area contributed by atoms with Crippen molar-refractivity contribution in [3.63, 3.8) is 0 Å². The highest BCUT2D eigenvalue weighted by Gasteiger charge is 2.66. The van der Waals surface area contributed by atoms with Crippen LogP contribution in [0.5, 0.6) is 0 Å². The van der Waals surface area contributed by atoms with Crippen molar-refractivity contribution in [1.82, 2.24) is 0 Å². The Morgan fingerprint density at radius 1 is 1.10 bits per heavy atom. The van der Waals surface area contributed by atoms with E-state index in [1.54, 1.807) is 0 Å². The topological polar surface area (TPSA) is 104 Å². The normalized spacial score (nSPS) is 33.5. The van der Waals surface area contributed by atoms with Crippen LogP contribution in [0.4, 0.5) is 17.6 Å². The smallest absolute Gasteiger partial charge is 0.396 e. The van der Waals surface area contributed by atoms with Crippen LogP contribution in [0.1, 0.15) is 71.6 Å². The number of aliphatic hydroxyl groups is 1. The molecule has 180 valence electrons. The first-order valence-corrected chi connectivity index (χ1v) is 12.1. The Morgan fingerprint density at radius 2 is 1.61 bits per heavy atom. The molecule has 0 heterocycles. The lowest BCUT2D eigenvalue weighted by atomic mass is 9.40. The minimum absolute atomic E-state index is 0.190. The fraction of sp³-hybridized carbons (Fsp3) is 0.950. The summed E-state index contributed by atoms with van der Waals surface area (Å²) in [5, 5.41) is 5.52. The molecule has 11 heteroatoms. The summed E-state index contributed by atoms with van der Waals surface area (Å²) >= 11 is 0. The second-order valence-electron chi connectivity index (χ2n) is 9.82. The summed E-state index contributed by atoms with van der Waals surface area (Å²) in [5.41, 5.74) is -2.41. The predicted octanol–water partition coefficient (Wildman–Crippen LogP) is 3.83. The molecular formula is C20H29F4O6S-. The van der Waals surface area contributed by atoms with Crippen molar-refractivity contribution in [2.24, 2.45) is 22.7 Å². The van der Waals surface area contributed by atoms with Crippen molar-refractivity contribution in [2.75, 3.05) is 6.61 Å². The van der Waals surface area contributed by atoms with Crippen LogP contribution in [-0.4, -0.2) is 47.4 Å². The molecule has 4 bridgehead atoms. The van der Waals surface area contributed by atoms with Gasteiger partial charge in [0.2, 0.25) is 0 Å². The first-order valence-electron chi connectivity index (χ1n) is 10.7. The molecule has 2 unspecified atom stereocenters. The molecule has 0 aromatic rings. The maximum Gasteiger partial charge on any atom is 0.396 e. The Labute approximate surface area is 179 Å². The predicted molar refractivity (Wildman–Crippen MR) is 100 cm³/mol. The number of carbonyl (C=O) groups excluding carboxylic acids is 1. The van der Waals surface area contributed by atoms with Crippen molar-refractivity contribution in [3.05, 3.63) is 0 Å². The fourth-order valence-corrected chi connectivity index (χ4v) is 7.27. The molecule has 4 aliphatic rings. The number of esters is 1. The lowest BCUT2D eigenvalue weighted by Gasteiger charge is -2.65. The molecule has 0 aliphatic heterocycles. The third-order valence-corrected chi connectivity index (χ3v) is 8.97. The molecule has 0 aromatic heterocycles. The van der Waals surface area contributed by atoms with Crippen LogP contribution in [0.15, 0.2) is 0 Å². The van der Waals surface area contributed by atoms with E-state index in [1.807, 2.05) is 13.8 Å². The molecular weight excluding hydrogens is 444 g/mol. The average Bonchev–Trinajstić information content (AvgIpc) is 2.64. The Balaban J connectivity index is 1.74. The van der Waals surface area contributed by atoms with Gasteiger partial charge in [-0.25, -0.2) is 8.42 Å². The van der Waals surface area contributed by atoms with Crippen LogP contribution in [0.3, 0.4) is 0 Å². The lowest BCUT2D eigenvalue weighted by molar-refractivity contribution is -0.221. The van der Waals surface area contributed by atoms with E-state index in [1.165, 1.54) is 0 Å². The molecule has 31 heavy (non-hydrogen) atoms. The van der Waals surface area contributed by atoms with Gasteiger partial charge in [0.15, 0.2) is 10.1 Å². The molecule has 2 atom stereocenters. The van der Waals surface area contributed by atoms with Crippen molar-refractivity contribution < 1.29 is 45.2 Å². The molecule has 4 rings (SSSR count). The Bertz CT molecular complexity index is 810. The van der Waals surface area contributed by atoms with E-state index in [2.05, 4.69) is 0 Å². The second kappa shape index (κ2) is 7.55. The lowest BCUT2D eigenvalue weighted by Crippen LogP contribution is -2.63. The number of ether oxygens (including phenoxy) is 1. The van der Waals surface area contributed by atoms with Gasteiger partial charge in [-0.3, -0.25) is 4.79 Å². The standard InChI is InChI=1S/C20H30F4O6S/c1-3-18(26,4-2)17-10-13-7-14(11-17)9-16(8-13,12-17)15(25)30-6-5-19(21,22)20(23,24)31(27,28)29/h13-14,26H,3-12H2,1-2H3,(H,27,28,29)/p-1. The van der Waals surface area contributed by atoms with E-state index < -0.39 is 56.7 Å². The number of alkyl halides is 4. The van der Waals surface area contributed by atoms with E-state index >= 15 is 0 Å². The fourth-order valence-electron chi connectivity index (χ4n) is 6.80. The van der Waals surface area contributed by atoms with E-state index in [0.29, 0.717) is 32.1 Å². The number of halogens is 4. The van der Waals surface area contributed by atoms with Gasteiger partial charge in [-0.1, -0.05) is 13.8 Å². The molecule has 0 spiro atoms. The zero-order valence-electron chi connectivity index (χ0n) is 17.6. The summed E-state index contributed by atoms with van der Waals surface area (Å²) in [6.45, 7) is 2.64. The summed E-state index contributed by atoms with van der Waals surface area (Å²) in [6.07, 6.45) is 3.07. The maximum atomic E-state index is 13.7. The zero-order valence-corrected chi connectivity index (χ0v) is 18.5. The zero-order chi connectivity index (χ0) is 23.5. The SMILES string of the molecule is CCC(O)(CC)C12CC3CC(CC(C(=O)OCCC(F)(F)C(F)(F)S(=O)(=O)[O-])(C3)C1)C2. The van der Waals surface area contributed by atoms with Gasteiger partial charge >= 0.3 is 17.1 Å². The minimum Gasteiger partial charge on any atom is -0.743 e. The molecule has 1 N–H and O–H groups in total. The summed E-state index contributed by atoms with van der Waals surface area (Å²) in [6, 6.07) is 0. The summed E-state index contributed by atoms with van der Waals surface area (Å²) in [5.74, 6) is -5.56. The van der Waals surface area contributed by atoms with Crippen molar-refractivity contribution >= 4 is 16.1 Å². The van der Waals surface area contributed by atoms with Gasteiger partial charge in [-0.15, -0.1) is 0 Å². The monoisotopic (exact) mass is 473 g/mol. The highest BCUT2D eigenvalue weighted by atomic mass is 32.2. The molecule has 0 saturated heterocycles. The van der Waals surface area contributed by atoms with Crippen molar-refractivity contribution in [2.45, 2.75) is 88.4 Å². The number of carbonyl (C=O) groups is 1. The number of hydrogen-bond acceptors (Lipinski definition) is 6. The summed E-state index contributed by atoms with van der Waals surface area (Å²) in [4.78, 5) is 13.0. The third kappa shape index (κ3) is 3.78. The number of rotatable bonds is 9. The van der Waals surface area contributed by atoms with Crippen LogP contribution >= 0.6 is 0 Å². The Morgan fingerprint density at radius 3 is 2.06 bits per heavy atom. The van der Waals surface area contributed by atoms with Crippen molar-refractivity contribution in [1.29, 1.82) is 0 Å². The van der Waals surface area contributed by atoms with Crippen LogP contribution in [-0.2, 0) is 19.6 Å². The van der Waals surface area contributed by atoms with Gasteiger partial charge in [0.25, 0.3) is 0 Å². The second-order valence-corrected chi connectivity index (χ2v) is 11.2. The first kappa shape index (κ1) is 24.7. The summed E-state index contributed by atoms with van der Waals surface area (Å²) in [7, 11) is -6.58. The van der Waals surface area contributed by atoms with Crippen LogP contribution in [0.2, 0.25) is 0 Å². The largest absolute Gasteiger partial charge is 0.743 e. The van der Waals surface area contributed by atoms with Crippen LogP contribution in [0, 0.1) is 22.7 Å². The third-order valence-electron chi connectivity index (χ3n) is 8.04. The maximum absolute atomic E-state index is 13.7. The molecule has 0 aromatic carbocycles. The molecule has 4 aliphatic carbocycles. The minimum atomic E-state index is -6.58. The van der Waals surface area contributed by atoms with E-state index in [0.717, 1.165) is 19.3 Å². The molecule has 4 fully saturated rings. The molecule has 6 nitrogen and oxygen atoms in total. The van der Waals surface area contributed by atoms with E-state index in [4.69, 9.17) is 4.74 Å². The van der Waals surface area contributed by atoms with E-state index in [-0.39, 0.29) is 11.8 Å². The highest BCUT2D eigenvalue weighted by Crippen LogP contribution is 2.69. The first-order chi connectivity index (χ1) is 14.1. The van der Waals surface area contributed by atoms with Gasteiger partial charge in [-0.05, 0) is 63.2 Å². The average molecular weight is 474 g/mol. The van der Waals surface area contributed by atoms with Crippen LogP contribution < -0.4 is 0 Å². The highest BCUT2D eigenvalue weighted by molar-refractivity contribution is 7.86. The van der Waals surface area contributed by atoms with E-state index in [9.17, 15) is 40.4 Å². The molecule has 0 radical (unpaired) electrons. The van der Waals surface area contributed by atoms with Crippen molar-refractivity contribution in [3.8, 4) is 0 Å². The molecule has 4 saturated carbocycles. The van der Waals surface area contributed by atoms with Gasteiger partial charge in [-0.2, -0.15) is 17.6 Å². The molecule has 0 amide bonds. The van der Waals surface area contributed by atoms with Crippen LogP contribution in [0.25, 0.3) is 0 Å². The number of hydrogen-bond donors (Lipinski definition) is 1. The van der Waals surface area contributed by atoms with Gasteiger partial charge in [0, 0.05) is 5.41 Å². The summed E-state index contributed by atoms with van der Waals surface area (Å²) < 4.78 is 90.4. The Kier molecular flexibility index (Phi) is 6.01. The van der Waals surface area contributed by atoms with Gasteiger partial charge < -0.3 is 14.4 Å². The van der Waals surface area contributed by atoms with Gasteiger partial charge in [0.05, 0.1) is 24.0 Å². The Hall–Kier alpha value is -0.940. The van der Waals surface area contributed by atoms with Gasteiger partial charge in [0.1, 0.15) is 0 Å².